The lowest BCUT2D eigenvalue weighted by atomic mass is 9.91. The van der Waals surface area contributed by atoms with Crippen LogP contribution in [0.15, 0.2) is 200 Å². The Morgan fingerprint density at radius 1 is 0.286 bits per heavy atom. The molecule has 0 aliphatic rings. The minimum Gasteiger partial charge on any atom is -0.310 e. The SMILES string of the molecule is c1ccc(-c2cc(-c3ccccc3)cc(N(c3ccc4ccccc4c3)c3ccc4ccccc4c3-c3cccc4ccccc34)c2)cc1. The van der Waals surface area contributed by atoms with E-state index in [0.717, 1.165) is 17.1 Å². The second-order valence-corrected chi connectivity index (χ2v) is 12.6. The highest BCUT2D eigenvalue weighted by Crippen LogP contribution is 2.47. The Morgan fingerprint density at radius 3 is 1.51 bits per heavy atom. The number of benzene rings is 9. The average molecular weight is 624 g/mol. The molecule has 0 saturated heterocycles. The van der Waals surface area contributed by atoms with Gasteiger partial charge < -0.3 is 4.90 Å². The van der Waals surface area contributed by atoms with E-state index < -0.39 is 0 Å². The third-order valence-corrected chi connectivity index (χ3v) is 9.59. The van der Waals surface area contributed by atoms with Crippen molar-refractivity contribution in [3.05, 3.63) is 200 Å². The summed E-state index contributed by atoms with van der Waals surface area (Å²) in [5, 5.41) is 7.35. The standard InChI is InChI=1S/C48H33N/c1-3-14-34(15-4-1)40-30-41(35-16-5-2-6-17-35)33-43(32-40)49(42-28-26-36-18-7-8-21-39(36)31-42)47-29-27-38-20-10-12-24-45(38)48(47)46-25-13-22-37-19-9-11-23-44(37)46/h1-33H. The van der Waals surface area contributed by atoms with Gasteiger partial charge in [-0.05, 0) is 96.5 Å². The van der Waals surface area contributed by atoms with E-state index in [-0.39, 0.29) is 0 Å². The first kappa shape index (κ1) is 28.8. The van der Waals surface area contributed by atoms with Crippen molar-refractivity contribution >= 4 is 49.4 Å². The molecule has 0 atom stereocenters. The molecule has 230 valence electrons. The van der Waals surface area contributed by atoms with Gasteiger partial charge in [0, 0.05) is 16.9 Å². The predicted molar refractivity (Wildman–Crippen MR) is 210 cm³/mol. The maximum absolute atomic E-state index is 2.47. The van der Waals surface area contributed by atoms with E-state index in [4.69, 9.17) is 0 Å². The van der Waals surface area contributed by atoms with Crippen LogP contribution >= 0.6 is 0 Å². The molecule has 0 unspecified atom stereocenters. The van der Waals surface area contributed by atoms with Gasteiger partial charge in [0.15, 0.2) is 0 Å². The monoisotopic (exact) mass is 623 g/mol. The lowest BCUT2D eigenvalue weighted by Gasteiger charge is -2.30. The minimum atomic E-state index is 1.10. The van der Waals surface area contributed by atoms with Crippen LogP contribution in [0.25, 0.3) is 65.7 Å². The first-order valence-corrected chi connectivity index (χ1v) is 16.8. The lowest BCUT2D eigenvalue weighted by molar-refractivity contribution is 1.29. The van der Waals surface area contributed by atoms with Gasteiger partial charge in [-0.3, -0.25) is 0 Å². The van der Waals surface area contributed by atoms with Crippen LogP contribution in [0.2, 0.25) is 0 Å². The van der Waals surface area contributed by atoms with Crippen molar-refractivity contribution < 1.29 is 0 Å². The molecule has 0 aromatic heterocycles. The fraction of sp³-hybridized carbons (Fsp3) is 0. The molecule has 0 heterocycles. The second kappa shape index (κ2) is 12.3. The van der Waals surface area contributed by atoms with Gasteiger partial charge in [-0.15, -0.1) is 0 Å². The van der Waals surface area contributed by atoms with Crippen molar-refractivity contribution in [3.63, 3.8) is 0 Å². The summed E-state index contributed by atoms with van der Waals surface area (Å²) < 4.78 is 0. The van der Waals surface area contributed by atoms with Gasteiger partial charge in [0.25, 0.3) is 0 Å². The van der Waals surface area contributed by atoms with E-state index in [9.17, 15) is 0 Å². The summed E-state index contributed by atoms with van der Waals surface area (Å²) in [6, 6.07) is 72.7. The van der Waals surface area contributed by atoms with E-state index in [1.807, 2.05) is 0 Å². The lowest BCUT2D eigenvalue weighted by Crippen LogP contribution is -2.12. The summed E-state index contributed by atoms with van der Waals surface area (Å²) in [6.45, 7) is 0. The van der Waals surface area contributed by atoms with Gasteiger partial charge in [0.05, 0.1) is 5.69 Å². The molecule has 0 amide bonds. The van der Waals surface area contributed by atoms with E-state index in [0.29, 0.717) is 0 Å². The van der Waals surface area contributed by atoms with E-state index in [1.165, 1.54) is 65.7 Å². The minimum absolute atomic E-state index is 1.10. The zero-order valence-corrected chi connectivity index (χ0v) is 27.0. The van der Waals surface area contributed by atoms with Gasteiger partial charge in [-0.1, -0.05) is 164 Å². The highest BCUT2D eigenvalue weighted by atomic mass is 15.1. The van der Waals surface area contributed by atoms with Crippen LogP contribution in [0.3, 0.4) is 0 Å². The van der Waals surface area contributed by atoms with Crippen molar-refractivity contribution in [1.29, 1.82) is 0 Å². The van der Waals surface area contributed by atoms with Crippen molar-refractivity contribution in [3.8, 4) is 33.4 Å². The van der Waals surface area contributed by atoms with Crippen LogP contribution in [0, 0.1) is 0 Å². The maximum Gasteiger partial charge on any atom is 0.0546 e. The third kappa shape index (κ3) is 5.32. The number of nitrogens with zero attached hydrogens (tertiary/aromatic N) is 1. The van der Waals surface area contributed by atoms with Crippen molar-refractivity contribution in [2.45, 2.75) is 0 Å². The van der Waals surface area contributed by atoms with Crippen LogP contribution in [0.4, 0.5) is 17.1 Å². The van der Waals surface area contributed by atoms with E-state index in [2.05, 4.69) is 205 Å². The predicted octanol–water partition coefficient (Wildman–Crippen LogP) is 13.6. The summed E-state index contributed by atoms with van der Waals surface area (Å²) in [5.74, 6) is 0. The summed E-state index contributed by atoms with van der Waals surface area (Å²) in [5.41, 5.74) is 10.5. The van der Waals surface area contributed by atoms with Gasteiger partial charge in [0.1, 0.15) is 0 Å². The molecule has 0 bridgehead atoms. The molecule has 0 fully saturated rings. The normalized spacial score (nSPS) is 11.3. The summed E-state index contributed by atoms with van der Waals surface area (Å²) in [4.78, 5) is 2.47. The Balaban J connectivity index is 1.39. The van der Waals surface area contributed by atoms with Crippen LogP contribution in [-0.2, 0) is 0 Å². The topological polar surface area (TPSA) is 3.24 Å². The van der Waals surface area contributed by atoms with Crippen molar-refractivity contribution in [2.75, 3.05) is 4.90 Å². The molecule has 1 heteroatoms. The number of hydrogen-bond donors (Lipinski definition) is 0. The second-order valence-electron chi connectivity index (χ2n) is 12.6. The number of fused-ring (bicyclic) bond motifs is 3. The Hall–Kier alpha value is -6.44. The molecule has 9 aromatic rings. The maximum atomic E-state index is 2.47. The summed E-state index contributed by atoms with van der Waals surface area (Å²) in [7, 11) is 0. The molecule has 0 saturated carbocycles. The number of anilines is 3. The van der Waals surface area contributed by atoms with Crippen LogP contribution in [-0.4, -0.2) is 0 Å². The number of hydrogen-bond acceptors (Lipinski definition) is 1. The van der Waals surface area contributed by atoms with Gasteiger partial charge in [0.2, 0.25) is 0 Å². The zero-order valence-electron chi connectivity index (χ0n) is 27.0. The van der Waals surface area contributed by atoms with Crippen molar-refractivity contribution in [1.82, 2.24) is 0 Å². The average Bonchev–Trinajstić information content (AvgIpc) is 3.18. The quantitative estimate of drug-likeness (QED) is 0.178. The first-order valence-electron chi connectivity index (χ1n) is 16.8. The molecule has 0 radical (unpaired) electrons. The molecule has 9 aromatic carbocycles. The zero-order chi connectivity index (χ0) is 32.6. The first-order chi connectivity index (χ1) is 24.3. The smallest absolute Gasteiger partial charge is 0.0546 e. The molecule has 0 aliphatic carbocycles. The highest BCUT2D eigenvalue weighted by Gasteiger charge is 2.22. The highest BCUT2D eigenvalue weighted by molar-refractivity contribution is 6.11. The van der Waals surface area contributed by atoms with Gasteiger partial charge in [-0.25, -0.2) is 0 Å². The Morgan fingerprint density at radius 2 is 0.816 bits per heavy atom. The summed E-state index contributed by atoms with van der Waals surface area (Å²) >= 11 is 0. The molecule has 49 heavy (non-hydrogen) atoms. The third-order valence-electron chi connectivity index (χ3n) is 9.59. The molecule has 0 spiro atoms. The van der Waals surface area contributed by atoms with E-state index in [1.54, 1.807) is 0 Å². The Bertz CT molecular complexity index is 2540. The van der Waals surface area contributed by atoms with Gasteiger partial charge in [-0.2, -0.15) is 0 Å². The molecule has 1 nitrogen and oxygen atoms in total. The number of rotatable bonds is 6. The Labute approximate surface area is 287 Å². The fourth-order valence-electron chi connectivity index (χ4n) is 7.25. The van der Waals surface area contributed by atoms with Crippen molar-refractivity contribution in [2.24, 2.45) is 0 Å². The molecular formula is C48H33N. The Kier molecular flexibility index (Phi) is 7.22. The molecule has 0 N–H and O–H groups in total. The van der Waals surface area contributed by atoms with Crippen LogP contribution in [0.5, 0.6) is 0 Å². The largest absolute Gasteiger partial charge is 0.310 e. The fourth-order valence-corrected chi connectivity index (χ4v) is 7.25. The molecular weight excluding hydrogens is 591 g/mol. The van der Waals surface area contributed by atoms with Gasteiger partial charge >= 0.3 is 0 Å². The van der Waals surface area contributed by atoms with Crippen LogP contribution < -0.4 is 4.90 Å². The van der Waals surface area contributed by atoms with Crippen LogP contribution in [0.1, 0.15) is 0 Å². The molecule has 0 aliphatic heterocycles. The van der Waals surface area contributed by atoms with E-state index >= 15 is 0 Å². The molecule has 9 rings (SSSR count). The summed E-state index contributed by atoms with van der Waals surface area (Å²) in [6.07, 6.45) is 0.